The van der Waals surface area contributed by atoms with Crippen LogP contribution in [-0.4, -0.2) is 23.8 Å². The molecule has 1 aliphatic heterocycles. The summed E-state index contributed by atoms with van der Waals surface area (Å²) in [6, 6.07) is 7.35. The molecule has 5 atom stereocenters. The van der Waals surface area contributed by atoms with Gasteiger partial charge in [-0.15, -0.1) is 0 Å². The predicted octanol–water partition coefficient (Wildman–Crippen LogP) is 2.56. The Morgan fingerprint density at radius 2 is 1.59 bits per heavy atom. The minimum atomic E-state index is -0.226. The highest BCUT2D eigenvalue weighted by Gasteiger charge is 2.60. The van der Waals surface area contributed by atoms with Crippen molar-refractivity contribution in [1.29, 1.82) is 0 Å². The quantitative estimate of drug-likeness (QED) is 0.636. The van der Waals surface area contributed by atoms with Crippen molar-refractivity contribution in [3.63, 3.8) is 0 Å². The van der Waals surface area contributed by atoms with E-state index in [1.54, 1.807) is 7.11 Å². The average Bonchev–Trinajstić information content (AvgIpc) is 3.21. The van der Waals surface area contributed by atoms with E-state index in [1.165, 1.54) is 4.90 Å². The maximum atomic E-state index is 12.8. The molecule has 0 radical (unpaired) electrons. The number of amides is 2. The molecule has 2 aliphatic carbocycles. The Hall–Kier alpha value is -2.10. The molecule has 4 rings (SSSR count). The Balaban J connectivity index is 1.62. The van der Waals surface area contributed by atoms with Gasteiger partial charge in [0.15, 0.2) is 0 Å². The van der Waals surface area contributed by atoms with E-state index in [0.29, 0.717) is 0 Å². The van der Waals surface area contributed by atoms with Gasteiger partial charge in [0.25, 0.3) is 0 Å². The van der Waals surface area contributed by atoms with Crippen LogP contribution in [0.5, 0.6) is 5.75 Å². The summed E-state index contributed by atoms with van der Waals surface area (Å²) in [5, 5.41) is 0. The first kappa shape index (κ1) is 13.6. The number of allylic oxidation sites excluding steroid dienone is 2. The molecule has 0 N–H and O–H groups in total. The zero-order valence-corrected chi connectivity index (χ0v) is 12.7. The fraction of sp³-hybridized carbons (Fsp3) is 0.444. The summed E-state index contributed by atoms with van der Waals surface area (Å²) >= 11 is 0. The Kier molecular flexibility index (Phi) is 2.90. The van der Waals surface area contributed by atoms with Crippen molar-refractivity contribution >= 4 is 11.8 Å². The van der Waals surface area contributed by atoms with Gasteiger partial charge in [0.05, 0.1) is 25.0 Å². The van der Waals surface area contributed by atoms with E-state index < -0.39 is 0 Å². The summed E-state index contributed by atoms with van der Waals surface area (Å²) in [5.74, 6) is 1.07. The number of methoxy groups -OCH3 is 1. The number of ether oxygens (including phenoxy) is 1. The fourth-order valence-electron chi connectivity index (χ4n) is 4.34. The number of fused-ring (bicyclic) bond motifs is 5. The molecule has 22 heavy (non-hydrogen) atoms. The molecule has 1 aromatic rings. The highest BCUT2D eigenvalue weighted by molar-refractivity contribution is 6.06. The van der Waals surface area contributed by atoms with E-state index in [2.05, 4.69) is 12.2 Å². The van der Waals surface area contributed by atoms with Gasteiger partial charge in [0.1, 0.15) is 5.75 Å². The molecule has 2 bridgehead atoms. The minimum absolute atomic E-state index is 0.00941. The first-order chi connectivity index (χ1) is 10.6. The van der Waals surface area contributed by atoms with E-state index in [1.807, 2.05) is 31.2 Å². The van der Waals surface area contributed by atoms with Crippen LogP contribution in [0.1, 0.15) is 24.9 Å². The minimum Gasteiger partial charge on any atom is -0.497 e. The van der Waals surface area contributed by atoms with Crippen molar-refractivity contribution < 1.29 is 14.3 Å². The standard InChI is InChI=1S/C18H19NO3/c1-10(11-5-7-14(22-2)8-6-11)19-17(20)15-12-3-4-13(9-12)16(15)18(19)21/h3-8,10,12-13,15-16H,9H2,1-2H3/t10-,12-,13+,15?,16?/m0/s1. The number of carbonyl (C=O) groups is 2. The third-order valence-corrected chi connectivity index (χ3v) is 5.49. The van der Waals surface area contributed by atoms with Crippen LogP contribution in [0.3, 0.4) is 0 Å². The third-order valence-electron chi connectivity index (χ3n) is 5.49. The maximum absolute atomic E-state index is 12.8. The highest BCUT2D eigenvalue weighted by Crippen LogP contribution is 2.53. The number of hydrogen-bond donors (Lipinski definition) is 0. The number of imide groups is 1. The summed E-state index contributed by atoms with van der Waals surface area (Å²) in [5.41, 5.74) is 0.961. The van der Waals surface area contributed by atoms with Gasteiger partial charge in [-0.05, 0) is 42.9 Å². The second-order valence-electron chi connectivity index (χ2n) is 6.50. The first-order valence-corrected chi connectivity index (χ1v) is 7.81. The predicted molar refractivity (Wildman–Crippen MR) is 81.0 cm³/mol. The molecule has 1 heterocycles. The summed E-state index contributed by atoms with van der Waals surface area (Å²) < 4.78 is 5.16. The Bertz CT molecular complexity index is 633. The van der Waals surface area contributed by atoms with Crippen molar-refractivity contribution in [3.05, 3.63) is 42.0 Å². The van der Waals surface area contributed by atoms with Gasteiger partial charge in [0, 0.05) is 0 Å². The molecule has 0 spiro atoms. The van der Waals surface area contributed by atoms with Crippen molar-refractivity contribution in [1.82, 2.24) is 4.90 Å². The highest BCUT2D eigenvalue weighted by atomic mass is 16.5. The van der Waals surface area contributed by atoms with Crippen molar-refractivity contribution in [3.8, 4) is 5.75 Å². The van der Waals surface area contributed by atoms with E-state index in [0.717, 1.165) is 17.7 Å². The molecular weight excluding hydrogens is 278 g/mol. The number of likely N-dealkylation sites (tertiary alicyclic amines) is 1. The van der Waals surface area contributed by atoms with Crippen LogP contribution in [0.4, 0.5) is 0 Å². The topological polar surface area (TPSA) is 46.6 Å². The Morgan fingerprint density at radius 1 is 1.05 bits per heavy atom. The lowest BCUT2D eigenvalue weighted by atomic mass is 9.85. The molecule has 1 saturated carbocycles. The number of nitrogens with zero attached hydrogens (tertiary/aromatic N) is 1. The SMILES string of the molecule is COc1ccc([C@H](C)N2C(=O)C3C(C2=O)[C@H]2C=C[C@@H]3C2)cc1. The van der Waals surface area contributed by atoms with Gasteiger partial charge in [-0.3, -0.25) is 14.5 Å². The largest absolute Gasteiger partial charge is 0.497 e. The van der Waals surface area contributed by atoms with Gasteiger partial charge in [-0.2, -0.15) is 0 Å². The average molecular weight is 297 g/mol. The monoisotopic (exact) mass is 297 g/mol. The lowest BCUT2D eigenvalue weighted by Gasteiger charge is -2.25. The number of carbonyl (C=O) groups excluding carboxylic acids is 2. The van der Waals surface area contributed by atoms with Gasteiger partial charge in [0.2, 0.25) is 11.8 Å². The summed E-state index contributed by atoms with van der Waals surface area (Å²) in [6.45, 7) is 1.92. The molecular formula is C18H19NO3. The number of rotatable bonds is 3. The second kappa shape index (κ2) is 4.70. The lowest BCUT2D eigenvalue weighted by molar-refractivity contribution is -0.143. The molecule has 2 unspecified atom stereocenters. The Morgan fingerprint density at radius 3 is 2.09 bits per heavy atom. The summed E-state index contributed by atoms with van der Waals surface area (Å²) in [4.78, 5) is 27.0. The van der Waals surface area contributed by atoms with Crippen LogP contribution in [0.15, 0.2) is 36.4 Å². The van der Waals surface area contributed by atoms with E-state index in [9.17, 15) is 9.59 Å². The molecule has 4 heteroatoms. The van der Waals surface area contributed by atoms with Crippen LogP contribution in [0.2, 0.25) is 0 Å². The van der Waals surface area contributed by atoms with E-state index in [-0.39, 0.29) is 41.5 Å². The maximum Gasteiger partial charge on any atom is 0.234 e. The first-order valence-electron chi connectivity index (χ1n) is 7.81. The third kappa shape index (κ3) is 1.70. The van der Waals surface area contributed by atoms with Gasteiger partial charge in [-0.25, -0.2) is 0 Å². The molecule has 1 saturated heterocycles. The fourth-order valence-corrected chi connectivity index (χ4v) is 4.34. The zero-order valence-electron chi connectivity index (χ0n) is 12.7. The molecule has 114 valence electrons. The molecule has 1 aromatic carbocycles. The molecule has 2 amide bonds. The smallest absolute Gasteiger partial charge is 0.234 e. The summed E-state index contributed by atoms with van der Waals surface area (Å²) in [6.07, 6.45) is 5.22. The van der Waals surface area contributed by atoms with Crippen LogP contribution >= 0.6 is 0 Å². The van der Waals surface area contributed by atoms with Gasteiger partial charge in [-0.1, -0.05) is 24.3 Å². The number of hydrogen-bond acceptors (Lipinski definition) is 3. The molecule has 2 fully saturated rings. The van der Waals surface area contributed by atoms with Crippen LogP contribution in [-0.2, 0) is 9.59 Å². The van der Waals surface area contributed by atoms with Crippen LogP contribution in [0.25, 0.3) is 0 Å². The van der Waals surface area contributed by atoms with Crippen LogP contribution in [0, 0.1) is 23.7 Å². The van der Waals surface area contributed by atoms with Crippen molar-refractivity contribution in [2.75, 3.05) is 7.11 Å². The second-order valence-corrected chi connectivity index (χ2v) is 6.50. The van der Waals surface area contributed by atoms with E-state index in [4.69, 9.17) is 4.74 Å². The lowest BCUT2D eigenvalue weighted by Crippen LogP contribution is -2.35. The van der Waals surface area contributed by atoms with Gasteiger partial charge < -0.3 is 4.74 Å². The Labute approximate surface area is 129 Å². The van der Waals surface area contributed by atoms with Gasteiger partial charge >= 0.3 is 0 Å². The molecule has 0 aromatic heterocycles. The molecule has 3 aliphatic rings. The van der Waals surface area contributed by atoms with Crippen molar-refractivity contribution in [2.24, 2.45) is 23.7 Å². The zero-order chi connectivity index (χ0) is 15.4. The van der Waals surface area contributed by atoms with E-state index >= 15 is 0 Å². The normalized spacial score (nSPS) is 33.5. The summed E-state index contributed by atoms with van der Waals surface area (Å²) in [7, 11) is 1.62. The van der Waals surface area contributed by atoms with Crippen LogP contribution < -0.4 is 4.74 Å². The van der Waals surface area contributed by atoms with Crippen molar-refractivity contribution in [2.45, 2.75) is 19.4 Å². The molecule has 4 nitrogen and oxygen atoms in total. The number of benzene rings is 1.